The molecule has 0 radical (unpaired) electrons. The Hall–Kier alpha value is -2.64. The fourth-order valence-electron chi connectivity index (χ4n) is 2.78. The average molecular weight is 361 g/mol. The first-order valence-electron chi connectivity index (χ1n) is 6.92. The van der Waals surface area contributed by atoms with Crippen LogP contribution in [0.5, 0.6) is 0 Å². The van der Waals surface area contributed by atoms with Crippen molar-refractivity contribution in [3.63, 3.8) is 0 Å². The normalized spacial score (nSPS) is 11.5. The van der Waals surface area contributed by atoms with Crippen molar-refractivity contribution in [1.29, 1.82) is 0 Å². The molecule has 0 saturated carbocycles. The van der Waals surface area contributed by atoms with Crippen LogP contribution in [0.15, 0.2) is 24.7 Å². The third-order valence-corrected chi connectivity index (χ3v) is 4.69. The summed E-state index contributed by atoms with van der Waals surface area (Å²) in [6.07, 6.45) is 2.99. The highest BCUT2D eigenvalue weighted by Crippen LogP contribution is 2.40. The molecule has 24 heavy (non-hydrogen) atoms. The van der Waals surface area contributed by atoms with E-state index in [1.165, 1.54) is 6.33 Å². The van der Waals surface area contributed by atoms with E-state index in [1.54, 1.807) is 17.9 Å². The number of carbonyl (C=O) groups excluding carboxylic acids is 1. The lowest BCUT2D eigenvalue weighted by molar-refractivity contribution is 0.0997. The molecule has 9 heteroatoms. The minimum Gasteiger partial charge on any atom is -0.364 e. The molecule has 4 aromatic rings. The molecule has 1 amide bonds. The predicted molar refractivity (Wildman–Crippen MR) is 92.1 cm³/mol. The summed E-state index contributed by atoms with van der Waals surface area (Å²) >= 11 is 12.9. The van der Waals surface area contributed by atoms with Crippen molar-refractivity contribution >= 4 is 51.0 Å². The molecule has 3 heterocycles. The number of aromatic amines is 1. The number of benzene rings is 1. The molecule has 4 rings (SSSR count). The van der Waals surface area contributed by atoms with Crippen LogP contribution in [0, 0.1) is 0 Å². The number of hydrogen-bond donors (Lipinski definition) is 2. The number of nitrogens with zero attached hydrogens (tertiary/aromatic N) is 4. The number of H-pyrrole nitrogens is 1. The third kappa shape index (κ3) is 1.98. The number of hydrogen-bond acceptors (Lipinski definition) is 4. The molecule has 3 N–H and O–H groups in total. The van der Waals surface area contributed by atoms with E-state index in [-0.39, 0.29) is 5.69 Å². The van der Waals surface area contributed by atoms with E-state index < -0.39 is 5.91 Å². The Bertz CT molecular complexity index is 1130. The van der Waals surface area contributed by atoms with E-state index in [9.17, 15) is 4.79 Å². The van der Waals surface area contributed by atoms with Crippen LogP contribution < -0.4 is 5.73 Å². The zero-order valence-electron chi connectivity index (χ0n) is 12.3. The summed E-state index contributed by atoms with van der Waals surface area (Å²) < 4.78 is 1.55. The molecule has 7 nitrogen and oxygen atoms in total. The number of carbonyl (C=O) groups is 1. The number of nitrogens with two attached hydrogens (primary N) is 1. The van der Waals surface area contributed by atoms with E-state index in [0.29, 0.717) is 43.2 Å². The topological polar surface area (TPSA) is 102 Å². The maximum absolute atomic E-state index is 11.7. The number of primary amides is 1. The van der Waals surface area contributed by atoms with Gasteiger partial charge in [0.05, 0.1) is 21.3 Å². The summed E-state index contributed by atoms with van der Waals surface area (Å²) in [5.41, 5.74) is 8.10. The summed E-state index contributed by atoms with van der Waals surface area (Å²) in [5.74, 6) is -0.639. The fourth-order valence-corrected chi connectivity index (χ4v) is 3.41. The molecule has 3 aromatic heterocycles. The molecular formula is C15H10Cl2N6O. The van der Waals surface area contributed by atoms with Gasteiger partial charge in [0.1, 0.15) is 22.8 Å². The lowest BCUT2D eigenvalue weighted by atomic mass is 10.0. The number of amides is 1. The molecule has 1 aromatic carbocycles. The first-order chi connectivity index (χ1) is 11.5. The Labute approximate surface area is 145 Å². The van der Waals surface area contributed by atoms with Gasteiger partial charge in [-0.1, -0.05) is 29.3 Å². The highest BCUT2D eigenvalue weighted by molar-refractivity contribution is 6.43. The van der Waals surface area contributed by atoms with Crippen LogP contribution in [0.25, 0.3) is 33.1 Å². The summed E-state index contributed by atoms with van der Waals surface area (Å²) in [6, 6.07) is 3.63. The van der Waals surface area contributed by atoms with Crippen LogP contribution in [0.3, 0.4) is 0 Å². The molecule has 120 valence electrons. The second-order valence-electron chi connectivity index (χ2n) is 5.25. The molecule has 0 bridgehead atoms. The number of rotatable bonds is 2. The molecule has 0 aliphatic heterocycles. The van der Waals surface area contributed by atoms with Gasteiger partial charge in [-0.2, -0.15) is 5.10 Å². The first-order valence-corrected chi connectivity index (χ1v) is 7.67. The molecule has 0 saturated heterocycles. The van der Waals surface area contributed by atoms with Gasteiger partial charge >= 0.3 is 0 Å². The zero-order chi connectivity index (χ0) is 17.0. The highest BCUT2D eigenvalue weighted by Gasteiger charge is 2.20. The Morgan fingerprint density at radius 1 is 1.21 bits per heavy atom. The summed E-state index contributed by atoms with van der Waals surface area (Å²) in [6.45, 7) is 0. The summed E-state index contributed by atoms with van der Waals surface area (Å²) in [5, 5.41) is 6.33. The van der Waals surface area contributed by atoms with E-state index in [1.807, 2.05) is 12.1 Å². The largest absolute Gasteiger partial charge is 0.364 e. The van der Waals surface area contributed by atoms with Crippen molar-refractivity contribution in [2.24, 2.45) is 12.8 Å². The molecule has 0 aliphatic carbocycles. The Morgan fingerprint density at radius 2 is 2.00 bits per heavy atom. The van der Waals surface area contributed by atoms with Gasteiger partial charge in [-0.3, -0.25) is 9.48 Å². The highest BCUT2D eigenvalue weighted by atomic mass is 35.5. The maximum Gasteiger partial charge on any atom is 0.268 e. The van der Waals surface area contributed by atoms with Crippen LogP contribution in [0.1, 0.15) is 10.5 Å². The standard InChI is InChI=1S/C15H10Cl2N6O/c1-23-13(17)10-8(22-23)3-2-6(11(10)16)7-4-19-15-9(7)12(14(18)24)20-5-21-15/h2-5H,1H3,(H2,18,24)(H,19,20,21). The van der Waals surface area contributed by atoms with Gasteiger partial charge in [0, 0.05) is 24.4 Å². The van der Waals surface area contributed by atoms with E-state index >= 15 is 0 Å². The van der Waals surface area contributed by atoms with Crippen LogP contribution >= 0.6 is 23.2 Å². The van der Waals surface area contributed by atoms with Crippen LogP contribution in [-0.4, -0.2) is 30.6 Å². The van der Waals surface area contributed by atoms with Gasteiger partial charge in [-0.05, 0) is 6.07 Å². The number of aromatic nitrogens is 5. The first kappa shape index (κ1) is 14.9. The number of aryl methyl sites for hydroxylation is 1. The minimum absolute atomic E-state index is 0.129. The van der Waals surface area contributed by atoms with Gasteiger partial charge < -0.3 is 10.7 Å². The van der Waals surface area contributed by atoms with Crippen LogP contribution in [0.2, 0.25) is 10.2 Å². The molecule has 0 unspecified atom stereocenters. The molecule has 0 fully saturated rings. The number of halogens is 2. The number of fused-ring (bicyclic) bond motifs is 2. The van der Waals surface area contributed by atoms with Gasteiger partial charge in [0.15, 0.2) is 0 Å². The summed E-state index contributed by atoms with van der Waals surface area (Å²) in [7, 11) is 1.74. The Balaban J connectivity index is 2.09. The summed E-state index contributed by atoms with van der Waals surface area (Å²) in [4.78, 5) is 22.8. The zero-order valence-corrected chi connectivity index (χ0v) is 13.9. The SMILES string of the molecule is Cn1nc2ccc(-c3c[nH]c4ncnc(C(N)=O)c34)c(Cl)c2c1Cl. The van der Waals surface area contributed by atoms with Crippen molar-refractivity contribution < 1.29 is 4.79 Å². The quantitative estimate of drug-likeness (QED) is 0.573. The fraction of sp³-hybridized carbons (Fsp3) is 0.0667. The van der Waals surface area contributed by atoms with Crippen molar-refractivity contribution in [3.05, 3.63) is 40.5 Å². The lowest BCUT2D eigenvalue weighted by Crippen LogP contribution is -2.13. The van der Waals surface area contributed by atoms with Gasteiger partial charge in [-0.15, -0.1) is 0 Å². The smallest absolute Gasteiger partial charge is 0.268 e. The van der Waals surface area contributed by atoms with Crippen molar-refractivity contribution in [2.75, 3.05) is 0 Å². The minimum atomic E-state index is -0.639. The van der Waals surface area contributed by atoms with Gasteiger partial charge in [0.2, 0.25) is 0 Å². The molecule has 0 atom stereocenters. The van der Waals surface area contributed by atoms with Gasteiger partial charge in [-0.25, -0.2) is 9.97 Å². The molecule has 0 aliphatic rings. The van der Waals surface area contributed by atoms with Gasteiger partial charge in [0.25, 0.3) is 5.91 Å². The predicted octanol–water partition coefficient (Wildman–Crippen LogP) is 2.92. The number of nitrogens with one attached hydrogen (secondary N) is 1. The second-order valence-corrected chi connectivity index (χ2v) is 5.98. The van der Waals surface area contributed by atoms with E-state index in [4.69, 9.17) is 28.9 Å². The molecular weight excluding hydrogens is 351 g/mol. The Kier molecular flexibility index (Phi) is 3.22. The molecule has 0 spiro atoms. The van der Waals surface area contributed by atoms with E-state index in [2.05, 4.69) is 20.1 Å². The monoisotopic (exact) mass is 360 g/mol. The third-order valence-electron chi connectivity index (χ3n) is 3.86. The van der Waals surface area contributed by atoms with Crippen molar-refractivity contribution in [2.45, 2.75) is 0 Å². The van der Waals surface area contributed by atoms with Crippen molar-refractivity contribution in [1.82, 2.24) is 24.7 Å². The van der Waals surface area contributed by atoms with Crippen LogP contribution in [0.4, 0.5) is 0 Å². The van der Waals surface area contributed by atoms with Crippen LogP contribution in [-0.2, 0) is 7.05 Å². The van der Waals surface area contributed by atoms with Crippen molar-refractivity contribution in [3.8, 4) is 11.1 Å². The second kappa shape index (κ2) is 5.19. The Morgan fingerprint density at radius 3 is 2.75 bits per heavy atom. The lowest BCUT2D eigenvalue weighted by Gasteiger charge is -2.06. The maximum atomic E-state index is 11.7. The average Bonchev–Trinajstić information content (AvgIpc) is 3.10. The van der Waals surface area contributed by atoms with E-state index in [0.717, 1.165) is 0 Å².